The van der Waals surface area contributed by atoms with E-state index in [0.29, 0.717) is 31.5 Å². The molecule has 0 aliphatic carbocycles. The quantitative estimate of drug-likeness (QED) is 0.0684. The SMILES string of the molecule is CCCCP(CCCO)CCCOc1nc(NCCS)nc(OCCCP(CCCO)CCCO)n1. The number of aliphatic hydroxyl groups excluding tert-OH is 3. The standard InChI is InChI=1S/C24H48N4O5P2S/c1-2-3-15-34(16-4-10-29)19-7-13-32-23-26-22(25-9-21-36)27-24(28-23)33-14-8-20-35(17-5-11-30)18-6-12-31/h29-31,36H,2-21H2,1H3,(H,25,26,27,28). The molecule has 210 valence electrons. The molecule has 1 heterocycles. The van der Waals surface area contributed by atoms with Crippen molar-refractivity contribution < 1.29 is 24.8 Å². The first-order valence-corrected chi connectivity index (χ1v) is 17.7. The molecule has 0 aromatic carbocycles. The Morgan fingerprint density at radius 1 is 0.694 bits per heavy atom. The lowest BCUT2D eigenvalue weighted by Gasteiger charge is -2.17. The molecular formula is C24H48N4O5P2S. The zero-order chi connectivity index (χ0) is 26.3. The van der Waals surface area contributed by atoms with Gasteiger partial charge in [0.15, 0.2) is 0 Å². The fraction of sp³-hybridized carbons (Fsp3) is 0.875. The van der Waals surface area contributed by atoms with Gasteiger partial charge in [-0.3, -0.25) is 0 Å². The van der Waals surface area contributed by atoms with Crippen LogP contribution in [-0.2, 0) is 0 Å². The van der Waals surface area contributed by atoms with Crippen molar-refractivity contribution in [2.75, 3.05) is 87.6 Å². The predicted molar refractivity (Wildman–Crippen MR) is 155 cm³/mol. The van der Waals surface area contributed by atoms with E-state index in [-0.39, 0.29) is 47.7 Å². The zero-order valence-corrected chi connectivity index (χ0v) is 24.7. The van der Waals surface area contributed by atoms with E-state index in [9.17, 15) is 5.11 Å². The fourth-order valence-corrected chi connectivity index (χ4v) is 8.69. The Morgan fingerprint density at radius 3 is 1.56 bits per heavy atom. The summed E-state index contributed by atoms with van der Waals surface area (Å²) in [5.74, 6) is 1.07. The molecule has 36 heavy (non-hydrogen) atoms. The molecule has 0 amide bonds. The summed E-state index contributed by atoms with van der Waals surface area (Å²) < 4.78 is 11.7. The first-order valence-electron chi connectivity index (χ1n) is 13.3. The summed E-state index contributed by atoms with van der Waals surface area (Å²) in [6, 6.07) is 0.521. The van der Waals surface area contributed by atoms with E-state index in [1.165, 1.54) is 19.0 Å². The Balaban J connectivity index is 2.58. The lowest BCUT2D eigenvalue weighted by Crippen LogP contribution is -2.12. The second-order valence-electron chi connectivity index (χ2n) is 8.55. The average molecular weight is 567 g/mol. The van der Waals surface area contributed by atoms with Crippen molar-refractivity contribution >= 4 is 34.4 Å². The van der Waals surface area contributed by atoms with Crippen LogP contribution >= 0.6 is 28.5 Å². The van der Waals surface area contributed by atoms with Crippen LogP contribution in [0.5, 0.6) is 12.0 Å². The second-order valence-corrected chi connectivity index (χ2v) is 14.4. The summed E-state index contributed by atoms with van der Waals surface area (Å²) in [6.07, 6.45) is 13.4. The van der Waals surface area contributed by atoms with E-state index >= 15 is 0 Å². The highest BCUT2D eigenvalue weighted by Gasteiger charge is 2.12. The second kappa shape index (κ2) is 23.6. The third kappa shape index (κ3) is 17.1. The van der Waals surface area contributed by atoms with Crippen LogP contribution in [0.3, 0.4) is 0 Å². The van der Waals surface area contributed by atoms with E-state index in [2.05, 4.69) is 39.8 Å². The monoisotopic (exact) mass is 566 g/mol. The number of nitrogens with zero attached hydrogens (tertiary/aromatic N) is 3. The minimum atomic E-state index is -0.208. The summed E-state index contributed by atoms with van der Waals surface area (Å²) in [5, 5.41) is 30.6. The van der Waals surface area contributed by atoms with Crippen molar-refractivity contribution in [1.82, 2.24) is 15.0 Å². The molecule has 1 rings (SSSR count). The van der Waals surface area contributed by atoms with Gasteiger partial charge >= 0.3 is 12.0 Å². The van der Waals surface area contributed by atoms with Crippen molar-refractivity contribution in [3.05, 3.63) is 0 Å². The number of rotatable bonds is 25. The number of unbranched alkanes of at least 4 members (excludes halogenated alkanes) is 1. The number of aliphatic hydroxyl groups is 3. The van der Waals surface area contributed by atoms with Gasteiger partial charge in [-0.1, -0.05) is 13.3 Å². The normalized spacial score (nSPS) is 12.2. The van der Waals surface area contributed by atoms with Gasteiger partial charge in [0.25, 0.3) is 0 Å². The van der Waals surface area contributed by atoms with Crippen LogP contribution < -0.4 is 14.8 Å². The Kier molecular flexibility index (Phi) is 22.0. The summed E-state index contributed by atoms with van der Waals surface area (Å²) in [6.45, 7) is 4.58. The van der Waals surface area contributed by atoms with Crippen LogP contribution in [0.1, 0.15) is 51.9 Å². The maximum absolute atomic E-state index is 9.17. The minimum Gasteiger partial charge on any atom is -0.463 e. The van der Waals surface area contributed by atoms with Crippen molar-refractivity contribution in [1.29, 1.82) is 0 Å². The molecule has 0 saturated heterocycles. The largest absolute Gasteiger partial charge is 0.463 e. The molecule has 12 heteroatoms. The van der Waals surface area contributed by atoms with Gasteiger partial charge in [-0.15, -0.1) is 20.8 Å². The minimum absolute atomic E-state index is 0.0622. The Labute approximate surface area is 225 Å². The maximum atomic E-state index is 9.17. The molecule has 0 spiro atoms. The summed E-state index contributed by atoms with van der Waals surface area (Å²) in [5.41, 5.74) is 0. The molecule has 9 nitrogen and oxygen atoms in total. The first kappa shape index (κ1) is 33.5. The third-order valence-electron chi connectivity index (χ3n) is 5.41. The Bertz CT molecular complexity index is 592. The Morgan fingerprint density at radius 2 is 1.14 bits per heavy atom. The predicted octanol–water partition coefficient (Wildman–Crippen LogP) is 3.66. The number of aromatic nitrogens is 3. The van der Waals surface area contributed by atoms with Gasteiger partial charge in [-0.2, -0.15) is 22.6 Å². The number of hydrogen-bond donors (Lipinski definition) is 5. The average Bonchev–Trinajstić information content (AvgIpc) is 2.89. The van der Waals surface area contributed by atoms with Crippen LogP contribution in [0.25, 0.3) is 0 Å². The molecular weight excluding hydrogens is 518 g/mol. The van der Waals surface area contributed by atoms with Gasteiger partial charge in [0.05, 0.1) is 13.2 Å². The van der Waals surface area contributed by atoms with Crippen molar-refractivity contribution in [3.8, 4) is 12.0 Å². The van der Waals surface area contributed by atoms with Crippen LogP contribution in [0.2, 0.25) is 0 Å². The molecule has 4 N–H and O–H groups in total. The van der Waals surface area contributed by atoms with Crippen LogP contribution in [0.4, 0.5) is 5.95 Å². The molecule has 0 fully saturated rings. The lowest BCUT2D eigenvalue weighted by atomic mass is 10.4. The molecule has 1 unspecified atom stereocenters. The summed E-state index contributed by atoms with van der Waals surface area (Å²) in [7, 11) is -0.271. The van der Waals surface area contributed by atoms with E-state index in [1.54, 1.807) is 0 Å². The van der Waals surface area contributed by atoms with Crippen LogP contribution in [-0.4, -0.2) is 113 Å². The molecule has 0 bridgehead atoms. The molecule has 0 aliphatic rings. The highest BCUT2D eigenvalue weighted by molar-refractivity contribution is 7.80. The number of anilines is 1. The number of nitrogens with one attached hydrogen (secondary N) is 1. The third-order valence-corrected chi connectivity index (χ3v) is 11.3. The molecule has 0 aliphatic heterocycles. The molecule has 1 aromatic rings. The highest BCUT2D eigenvalue weighted by Crippen LogP contribution is 2.38. The van der Waals surface area contributed by atoms with Gasteiger partial charge in [-0.05, 0) is 75.5 Å². The number of hydrogen-bond acceptors (Lipinski definition) is 10. The van der Waals surface area contributed by atoms with Gasteiger partial charge in [-0.25, -0.2) is 0 Å². The van der Waals surface area contributed by atoms with E-state index in [0.717, 1.165) is 62.9 Å². The molecule has 1 aromatic heterocycles. The molecule has 0 radical (unpaired) electrons. The zero-order valence-electron chi connectivity index (χ0n) is 22.0. The van der Waals surface area contributed by atoms with Crippen molar-refractivity contribution in [3.63, 3.8) is 0 Å². The van der Waals surface area contributed by atoms with Gasteiger partial charge in [0.1, 0.15) is 0 Å². The smallest absolute Gasteiger partial charge is 0.324 e. The highest BCUT2D eigenvalue weighted by atomic mass is 32.1. The topological polar surface area (TPSA) is 130 Å². The van der Waals surface area contributed by atoms with Gasteiger partial charge in [0, 0.05) is 32.1 Å². The maximum Gasteiger partial charge on any atom is 0.324 e. The fourth-order valence-electron chi connectivity index (χ4n) is 3.55. The molecule has 0 saturated carbocycles. The van der Waals surface area contributed by atoms with E-state index in [4.69, 9.17) is 19.7 Å². The molecule has 1 atom stereocenters. The number of ether oxygens (including phenoxy) is 2. The van der Waals surface area contributed by atoms with E-state index < -0.39 is 0 Å². The summed E-state index contributed by atoms with van der Waals surface area (Å²) >= 11 is 4.24. The van der Waals surface area contributed by atoms with Crippen LogP contribution in [0.15, 0.2) is 0 Å². The number of thiol groups is 1. The van der Waals surface area contributed by atoms with Crippen molar-refractivity contribution in [2.24, 2.45) is 0 Å². The van der Waals surface area contributed by atoms with Crippen molar-refractivity contribution in [2.45, 2.75) is 51.9 Å². The van der Waals surface area contributed by atoms with Gasteiger partial charge < -0.3 is 30.1 Å². The summed E-state index contributed by atoms with van der Waals surface area (Å²) in [4.78, 5) is 13.1. The van der Waals surface area contributed by atoms with Gasteiger partial charge in [0.2, 0.25) is 5.95 Å². The first-order chi connectivity index (χ1) is 17.7. The van der Waals surface area contributed by atoms with E-state index in [1.807, 2.05) is 0 Å². The Hall–Kier alpha value is -0.500. The van der Waals surface area contributed by atoms with Crippen LogP contribution in [0, 0.1) is 0 Å². The lowest BCUT2D eigenvalue weighted by molar-refractivity contribution is 0.263.